The number of anilines is 1. The molecule has 0 atom stereocenters. The summed E-state index contributed by atoms with van der Waals surface area (Å²) in [4.78, 5) is 15.5. The molecule has 4 nitrogen and oxygen atoms in total. The summed E-state index contributed by atoms with van der Waals surface area (Å²) in [6.45, 7) is 0. The van der Waals surface area contributed by atoms with Gasteiger partial charge in [-0.2, -0.15) is 0 Å². The zero-order valence-corrected chi connectivity index (χ0v) is 11.4. The SMILES string of the molecule is O=C(C=Nc1ccccc1[O-])Nc1ccccc1Br. The predicted octanol–water partition coefficient (Wildman–Crippen LogP) is 2.86. The molecule has 0 spiro atoms. The summed E-state index contributed by atoms with van der Waals surface area (Å²) in [5.74, 6) is -0.609. The van der Waals surface area contributed by atoms with Crippen LogP contribution >= 0.6 is 15.9 Å². The van der Waals surface area contributed by atoms with Crippen molar-refractivity contribution >= 4 is 39.4 Å². The molecule has 1 N–H and O–H groups in total. The highest BCUT2D eigenvalue weighted by Crippen LogP contribution is 2.22. The molecule has 2 rings (SSSR count). The van der Waals surface area contributed by atoms with Crippen LogP contribution in [0, 0.1) is 0 Å². The van der Waals surface area contributed by atoms with Gasteiger partial charge in [0.05, 0.1) is 17.6 Å². The van der Waals surface area contributed by atoms with Gasteiger partial charge in [-0.15, -0.1) is 0 Å². The fourth-order valence-electron chi connectivity index (χ4n) is 1.42. The second-order valence-corrected chi connectivity index (χ2v) is 4.55. The average molecular weight is 318 g/mol. The quantitative estimate of drug-likeness (QED) is 0.885. The second kappa shape index (κ2) is 6.15. The van der Waals surface area contributed by atoms with Crippen LogP contribution in [0.5, 0.6) is 5.75 Å². The van der Waals surface area contributed by atoms with Gasteiger partial charge in [0.15, 0.2) is 0 Å². The van der Waals surface area contributed by atoms with Crippen molar-refractivity contribution in [2.24, 2.45) is 4.99 Å². The Morgan fingerprint density at radius 2 is 1.84 bits per heavy atom. The van der Waals surface area contributed by atoms with E-state index in [9.17, 15) is 9.90 Å². The fraction of sp³-hybridized carbons (Fsp3) is 0. The third-order valence-corrected chi connectivity index (χ3v) is 3.01. The molecule has 0 bridgehead atoms. The van der Waals surface area contributed by atoms with Crippen molar-refractivity contribution in [3.05, 3.63) is 53.0 Å². The highest BCUT2D eigenvalue weighted by molar-refractivity contribution is 9.10. The molecule has 2 aromatic carbocycles. The first-order chi connectivity index (χ1) is 9.16. The molecule has 5 heteroatoms. The number of carbonyl (C=O) groups is 1. The monoisotopic (exact) mass is 317 g/mol. The molecule has 0 aliphatic carbocycles. The van der Waals surface area contributed by atoms with Gasteiger partial charge in [-0.1, -0.05) is 36.1 Å². The molecule has 1 amide bonds. The van der Waals surface area contributed by atoms with E-state index in [-0.39, 0.29) is 11.4 Å². The molecule has 0 radical (unpaired) electrons. The normalized spacial score (nSPS) is 10.6. The molecule has 0 unspecified atom stereocenters. The first-order valence-electron chi connectivity index (χ1n) is 5.52. The molecule has 0 heterocycles. The number of nitrogens with zero attached hydrogens (tertiary/aromatic N) is 1. The summed E-state index contributed by atoms with van der Waals surface area (Å²) in [6.07, 6.45) is 1.09. The van der Waals surface area contributed by atoms with E-state index in [2.05, 4.69) is 26.2 Å². The third kappa shape index (κ3) is 3.66. The number of nitrogens with one attached hydrogen (secondary N) is 1. The molecule has 19 heavy (non-hydrogen) atoms. The highest BCUT2D eigenvalue weighted by atomic mass is 79.9. The lowest BCUT2D eigenvalue weighted by atomic mass is 10.3. The molecular weight excluding hydrogens is 308 g/mol. The Kier molecular flexibility index (Phi) is 4.30. The minimum absolute atomic E-state index is 0.215. The van der Waals surface area contributed by atoms with Crippen molar-refractivity contribution in [2.45, 2.75) is 0 Å². The average Bonchev–Trinajstić information content (AvgIpc) is 2.40. The Morgan fingerprint density at radius 3 is 2.58 bits per heavy atom. The van der Waals surface area contributed by atoms with Crippen LogP contribution in [0.3, 0.4) is 0 Å². The molecule has 96 valence electrons. The molecule has 0 aliphatic heterocycles. The van der Waals surface area contributed by atoms with E-state index in [0.717, 1.165) is 10.7 Å². The van der Waals surface area contributed by atoms with Gasteiger partial charge in [-0.05, 0) is 34.1 Å². The van der Waals surface area contributed by atoms with E-state index in [1.807, 2.05) is 18.2 Å². The lowest BCUT2D eigenvalue weighted by molar-refractivity contribution is -0.267. The number of para-hydroxylation sites is 3. The summed E-state index contributed by atoms with van der Waals surface area (Å²) >= 11 is 3.32. The maximum atomic E-state index is 11.7. The van der Waals surface area contributed by atoms with Gasteiger partial charge in [0.1, 0.15) is 0 Å². The fourth-order valence-corrected chi connectivity index (χ4v) is 1.80. The Balaban J connectivity index is 2.06. The molecule has 0 saturated heterocycles. The van der Waals surface area contributed by atoms with Gasteiger partial charge < -0.3 is 10.4 Å². The van der Waals surface area contributed by atoms with E-state index in [0.29, 0.717) is 5.69 Å². The largest absolute Gasteiger partial charge is 0.871 e. The van der Waals surface area contributed by atoms with Gasteiger partial charge in [0, 0.05) is 4.47 Å². The number of rotatable bonds is 3. The van der Waals surface area contributed by atoms with E-state index in [1.165, 1.54) is 6.07 Å². The number of amides is 1. The number of benzene rings is 2. The minimum Gasteiger partial charge on any atom is -0.871 e. The zero-order valence-electron chi connectivity index (χ0n) is 9.84. The molecule has 0 aromatic heterocycles. The summed E-state index contributed by atoms with van der Waals surface area (Å²) in [5.41, 5.74) is 0.888. The topological polar surface area (TPSA) is 64.5 Å². The molecule has 2 aromatic rings. The van der Waals surface area contributed by atoms with E-state index in [4.69, 9.17) is 0 Å². The molecule has 0 saturated carbocycles. The number of hydrogen-bond donors (Lipinski definition) is 1. The van der Waals surface area contributed by atoms with Crippen LogP contribution in [0.1, 0.15) is 0 Å². The number of halogens is 1. The van der Waals surface area contributed by atoms with Crippen molar-refractivity contribution in [2.75, 3.05) is 5.32 Å². The lowest BCUT2D eigenvalue weighted by Crippen LogP contribution is -2.12. The molecular formula is C14H10BrN2O2-. The maximum absolute atomic E-state index is 11.7. The molecule has 0 fully saturated rings. The van der Waals surface area contributed by atoms with E-state index >= 15 is 0 Å². The van der Waals surface area contributed by atoms with Crippen LogP contribution < -0.4 is 10.4 Å². The van der Waals surface area contributed by atoms with Gasteiger partial charge in [0.25, 0.3) is 5.91 Å². The minimum atomic E-state index is -0.393. The van der Waals surface area contributed by atoms with Crippen molar-refractivity contribution in [1.29, 1.82) is 0 Å². The number of hydrogen-bond acceptors (Lipinski definition) is 3. The summed E-state index contributed by atoms with van der Waals surface area (Å²) in [5, 5.41) is 14.1. The summed E-state index contributed by atoms with van der Waals surface area (Å²) < 4.78 is 0.779. The lowest BCUT2D eigenvalue weighted by Gasteiger charge is -2.08. The van der Waals surface area contributed by atoms with Crippen LogP contribution in [0.25, 0.3) is 0 Å². The van der Waals surface area contributed by atoms with Gasteiger partial charge in [-0.3, -0.25) is 9.79 Å². The third-order valence-electron chi connectivity index (χ3n) is 2.32. The van der Waals surface area contributed by atoms with Crippen LogP contribution in [-0.2, 0) is 4.79 Å². The van der Waals surface area contributed by atoms with Crippen molar-refractivity contribution in [3.8, 4) is 5.75 Å². The second-order valence-electron chi connectivity index (χ2n) is 3.70. The Hall–Kier alpha value is -2.14. The van der Waals surface area contributed by atoms with Crippen LogP contribution in [0.15, 0.2) is 58.0 Å². The standard InChI is InChI=1S/C14H11BrN2O2/c15-10-5-1-2-6-11(10)17-14(19)9-16-12-7-3-4-8-13(12)18/h1-9,18H,(H,17,19)/p-1. The number of carbonyl (C=O) groups excluding carboxylic acids is 1. The van der Waals surface area contributed by atoms with Gasteiger partial charge >= 0.3 is 0 Å². The van der Waals surface area contributed by atoms with E-state index < -0.39 is 5.91 Å². The van der Waals surface area contributed by atoms with Crippen LogP contribution in [0.4, 0.5) is 11.4 Å². The van der Waals surface area contributed by atoms with Gasteiger partial charge in [-0.25, -0.2) is 0 Å². The first-order valence-corrected chi connectivity index (χ1v) is 6.32. The summed E-state index contributed by atoms with van der Waals surface area (Å²) in [7, 11) is 0. The predicted molar refractivity (Wildman–Crippen MR) is 76.8 cm³/mol. The number of aliphatic imine (C=N–C) groups is 1. The van der Waals surface area contributed by atoms with E-state index in [1.54, 1.807) is 24.3 Å². The Bertz CT molecular complexity index is 626. The maximum Gasteiger partial charge on any atom is 0.266 e. The Morgan fingerprint density at radius 1 is 1.16 bits per heavy atom. The highest BCUT2D eigenvalue weighted by Gasteiger charge is 2.01. The van der Waals surface area contributed by atoms with Crippen LogP contribution in [-0.4, -0.2) is 12.1 Å². The summed E-state index contributed by atoms with van der Waals surface area (Å²) in [6, 6.07) is 13.5. The first kappa shape index (κ1) is 13.3. The van der Waals surface area contributed by atoms with Crippen molar-refractivity contribution in [1.82, 2.24) is 0 Å². The van der Waals surface area contributed by atoms with Crippen molar-refractivity contribution in [3.63, 3.8) is 0 Å². The van der Waals surface area contributed by atoms with Crippen LogP contribution in [0.2, 0.25) is 0 Å². The molecule has 0 aliphatic rings. The van der Waals surface area contributed by atoms with Crippen molar-refractivity contribution < 1.29 is 9.90 Å². The smallest absolute Gasteiger partial charge is 0.266 e. The Labute approximate surface area is 118 Å². The van der Waals surface area contributed by atoms with Gasteiger partial charge in [0.2, 0.25) is 0 Å². The zero-order chi connectivity index (χ0) is 13.7.